The molecule has 1 aliphatic rings. The first-order valence-corrected chi connectivity index (χ1v) is 17.4. The van der Waals surface area contributed by atoms with Gasteiger partial charge in [0.05, 0.1) is 29.4 Å². The Balaban J connectivity index is 1.20. The molecule has 3 aromatic carbocycles. The van der Waals surface area contributed by atoms with E-state index < -0.39 is 0 Å². The van der Waals surface area contributed by atoms with Gasteiger partial charge in [-0.1, -0.05) is 76.8 Å². The average molecular weight is 719 g/mol. The Morgan fingerprint density at radius 3 is 2.47 bits per heavy atom. The molecule has 4 N–H and O–H groups in total. The first-order valence-electron chi connectivity index (χ1n) is 16.6. The van der Waals surface area contributed by atoms with Crippen LogP contribution in [0.15, 0.2) is 102 Å². The smallest absolute Gasteiger partial charge is 0.312 e. The van der Waals surface area contributed by atoms with Gasteiger partial charge in [0.15, 0.2) is 5.82 Å². The number of rotatable bonds is 8. The second kappa shape index (κ2) is 13.6. The van der Waals surface area contributed by atoms with E-state index in [1.54, 1.807) is 6.20 Å². The third-order valence-corrected chi connectivity index (χ3v) is 9.96. The number of carbonyl (C=O) groups is 1. The Bertz CT molecular complexity index is 2340. The lowest BCUT2D eigenvalue weighted by Crippen LogP contribution is -2.34. The number of pyridine rings is 1. The zero-order valence-electron chi connectivity index (χ0n) is 27.6. The number of nitrogens with one attached hydrogen (secondary N) is 2. The van der Waals surface area contributed by atoms with Crippen molar-refractivity contribution in [2.75, 3.05) is 29.0 Å². The topological polar surface area (TPSA) is 144 Å². The molecule has 1 atom stereocenters. The lowest BCUT2D eigenvalue weighted by Gasteiger charge is -2.32. The number of fused-ring (bicyclic) bond motifs is 1. The third kappa shape index (κ3) is 6.30. The number of anilines is 3. The van der Waals surface area contributed by atoms with Gasteiger partial charge >= 0.3 is 6.01 Å². The summed E-state index contributed by atoms with van der Waals surface area (Å²) >= 11 is 12.7. The van der Waals surface area contributed by atoms with Crippen LogP contribution in [0.4, 0.5) is 17.5 Å². The van der Waals surface area contributed by atoms with E-state index in [1.165, 1.54) is 0 Å². The number of halogens is 2. The standard InChI is InChI=1S/C38H33Cl2N9O2/c1-22(23-9-11-26(39)12-10-23)49-21-43-32(24-6-3-2-4-7-24)34(49)31-28-14-13-27(40)20-30(28)44-33(31)36(50)45-29-8-5-17-42-35(29)48-18-15-25(16-19-48)37-46-47-38(41)51-37/h2-14,17,20-22,25,44H,15-16,18-19H2,1H3,(H2,41,47)(H,45,50)/t22-/m0/s1. The van der Waals surface area contributed by atoms with Crippen molar-refractivity contribution in [3.8, 4) is 22.5 Å². The van der Waals surface area contributed by atoms with Gasteiger partial charge in [-0.2, -0.15) is 0 Å². The summed E-state index contributed by atoms with van der Waals surface area (Å²) in [6.07, 6.45) is 5.11. The molecular formula is C38H33Cl2N9O2. The van der Waals surface area contributed by atoms with Crippen LogP contribution in [-0.2, 0) is 0 Å². The van der Waals surface area contributed by atoms with Crippen LogP contribution in [-0.4, -0.2) is 48.7 Å². The van der Waals surface area contributed by atoms with Crippen LogP contribution in [0, 0.1) is 0 Å². The molecule has 1 aliphatic heterocycles. The number of carbonyl (C=O) groups excluding carboxylic acids is 1. The third-order valence-electron chi connectivity index (χ3n) is 9.47. The largest absolute Gasteiger partial charge is 0.408 e. The first kappa shape index (κ1) is 32.5. The summed E-state index contributed by atoms with van der Waals surface area (Å²) in [6, 6.07) is 27.0. The van der Waals surface area contributed by atoms with Crippen LogP contribution in [0.5, 0.6) is 0 Å². The van der Waals surface area contributed by atoms with Gasteiger partial charge in [0.2, 0.25) is 5.89 Å². The minimum Gasteiger partial charge on any atom is -0.408 e. The molecule has 0 aliphatic carbocycles. The van der Waals surface area contributed by atoms with Gasteiger partial charge in [-0.05, 0) is 61.7 Å². The van der Waals surface area contributed by atoms with E-state index in [0.29, 0.717) is 51.8 Å². The zero-order chi connectivity index (χ0) is 35.1. The van der Waals surface area contributed by atoms with E-state index in [0.717, 1.165) is 46.3 Å². The summed E-state index contributed by atoms with van der Waals surface area (Å²) in [6.45, 7) is 3.48. The molecule has 1 amide bonds. The number of imidazole rings is 1. The molecule has 7 aromatic rings. The quantitative estimate of drug-likeness (QED) is 0.142. The van der Waals surface area contributed by atoms with Gasteiger partial charge in [0.25, 0.3) is 5.91 Å². The van der Waals surface area contributed by atoms with Crippen LogP contribution < -0.4 is 16.0 Å². The van der Waals surface area contributed by atoms with Crippen molar-refractivity contribution in [2.24, 2.45) is 0 Å². The van der Waals surface area contributed by atoms with Crippen molar-refractivity contribution < 1.29 is 9.21 Å². The van der Waals surface area contributed by atoms with Crippen molar-refractivity contribution in [2.45, 2.75) is 31.7 Å². The number of nitrogen functional groups attached to an aromatic ring is 1. The number of H-pyrrole nitrogens is 1. The summed E-state index contributed by atoms with van der Waals surface area (Å²) in [4.78, 5) is 29.8. The molecule has 0 bridgehead atoms. The number of aromatic amines is 1. The van der Waals surface area contributed by atoms with Gasteiger partial charge < -0.3 is 29.9 Å². The summed E-state index contributed by atoms with van der Waals surface area (Å²) < 4.78 is 7.60. The number of hydrogen-bond acceptors (Lipinski definition) is 8. The van der Waals surface area contributed by atoms with Crippen LogP contribution in [0.3, 0.4) is 0 Å². The van der Waals surface area contributed by atoms with E-state index in [2.05, 4.69) is 36.9 Å². The molecule has 13 heteroatoms. The Kier molecular flexibility index (Phi) is 8.66. The second-order valence-electron chi connectivity index (χ2n) is 12.6. The maximum Gasteiger partial charge on any atom is 0.312 e. The van der Waals surface area contributed by atoms with Crippen molar-refractivity contribution in [3.05, 3.63) is 125 Å². The van der Waals surface area contributed by atoms with Gasteiger partial charge in [0.1, 0.15) is 5.69 Å². The molecule has 8 rings (SSSR count). The Morgan fingerprint density at radius 1 is 0.961 bits per heavy atom. The summed E-state index contributed by atoms with van der Waals surface area (Å²) in [7, 11) is 0. The van der Waals surface area contributed by atoms with Crippen LogP contribution in [0.2, 0.25) is 10.0 Å². The normalized spacial score (nSPS) is 14.2. The van der Waals surface area contributed by atoms with Gasteiger partial charge in [-0.3, -0.25) is 4.79 Å². The molecule has 0 unspecified atom stereocenters. The van der Waals surface area contributed by atoms with Crippen LogP contribution in [0.1, 0.15) is 53.7 Å². The Hall–Kier alpha value is -5.65. The highest BCUT2D eigenvalue weighted by Crippen LogP contribution is 2.42. The minimum absolute atomic E-state index is 0.0687. The monoisotopic (exact) mass is 717 g/mol. The molecule has 0 spiro atoms. The predicted molar refractivity (Wildman–Crippen MR) is 200 cm³/mol. The lowest BCUT2D eigenvalue weighted by molar-refractivity contribution is 0.102. The highest BCUT2D eigenvalue weighted by molar-refractivity contribution is 6.31. The maximum atomic E-state index is 14.6. The number of hydrogen-bond donors (Lipinski definition) is 3. The van der Waals surface area contributed by atoms with E-state index in [-0.39, 0.29) is 23.9 Å². The number of benzene rings is 3. The minimum atomic E-state index is -0.325. The molecule has 5 heterocycles. The number of aromatic nitrogens is 6. The zero-order valence-corrected chi connectivity index (χ0v) is 29.1. The highest BCUT2D eigenvalue weighted by atomic mass is 35.5. The average Bonchev–Trinajstić information content (AvgIpc) is 3.89. The predicted octanol–water partition coefficient (Wildman–Crippen LogP) is 8.61. The molecule has 51 heavy (non-hydrogen) atoms. The molecule has 0 saturated carbocycles. The SMILES string of the molecule is C[C@@H](c1ccc(Cl)cc1)n1cnc(-c2ccccc2)c1-c1c(C(=O)Nc2cccnc2N2CCC(c3nnc(N)o3)CC2)[nH]c2cc(Cl)ccc12. The summed E-state index contributed by atoms with van der Waals surface area (Å²) in [5, 5.41) is 13.1. The van der Waals surface area contributed by atoms with Gasteiger partial charge in [-0.25, -0.2) is 9.97 Å². The molecule has 256 valence electrons. The lowest BCUT2D eigenvalue weighted by atomic mass is 9.97. The van der Waals surface area contributed by atoms with E-state index in [9.17, 15) is 4.79 Å². The van der Waals surface area contributed by atoms with Crippen molar-refractivity contribution in [1.82, 2.24) is 29.7 Å². The second-order valence-corrected chi connectivity index (χ2v) is 13.4. The fourth-order valence-electron chi connectivity index (χ4n) is 6.88. The van der Waals surface area contributed by atoms with Gasteiger partial charge in [0, 0.05) is 57.3 Å². The number of piperidine rings is 1. The number of nitrogens with zero attached hydrogens (tertiary/aromatic N) is 6. The number of amides is 1. The number of nitrogens with two attached hydrogens (primary N) is 1. The Labute approximate surface area is 303 Å². The van der Waals surface area contributed by atoms with E-state index in [4.69, 9.17) is 43.3 Å². The summed E-state index contributed by atoms with van der Waals surface area (Å²) in [5.74, 6) is 1.01. The molecule has 1 saturated heterocycles. The van der Waals surface area contributed by atoms with Crippen molar-refractivity contribution >= 4 is 57.5 Å². The molecule has 1 fully saturated rings. The maximum absolute atomic E-state index is 14.6. The summed E-state index contributed by atoms with van der Waals surface area (Å²) in [5.41, 5.74) is 11.6. The first-order chi connectivity index (χ1) is 24.8. The van der Waals surface area contributed by atoms with Crippen LogP contribution in [0.25, 0.3) is 33.4 Å². The molecule has 0 radical (unpaired) electrons. The fourth-order valence-corrected chi connectivity index (χ4v) is 7.18. The van der Waals surface area contributed by atoms with Crippen LogP contribution >= 0.6 is 23.2 Å². The molecule has 4 aromatic heterocycles. The van der Waals surface area contributed by atoms with E-state index in [1.807, 2.05) is 91.3 Å². The molecule has 11 nitrogen and oxygen atoms in total. The van der Waals surface area contributed by atoms with Crippen molar-refractivity contribution in [3.63, 3.8) is 0 Å². The highest BCUT2D eigenvalue weighted by Gasteiger charge is 2.30. The molecular weight excluding hydrogens is 685 g/mol. The van der Waals surface area contributed by atoms with Gasteiger partial charge in [-0.15, -0.1) is 5.10 Å². The van der Waals surface area contributed by atoms with E-state index >= 15 is 0 Å². The fraction of sp³-hybridized carbons (Fsp3) is 0.184. The Morgan fingerprint density at radius 2 is 1.73 bits per heavy atom. The van der Waals surface area contributed by atoms with Crippen molar-refractivity contribution in [1.29, 1.82) is 0 Å².